The molecule has 0 aliphatic heterocycles. The van der Waals surface area contributed by atoms with Gasteiger partial charge in [-0.1, -0.05) is 37.1 Å². The molecular weight excluding hydrogens is 250 g/mol. The van der Waals surface area contributed by atoms with E-state index < -0.39 is 5.60 Å². The Labute approximate surface area is 120 Å². The number of hydrogen-bond acceptors (Lipinski definition) is 2. The Morgan fingerprint density at radius 2 is 2.00 bits per heavy atom. The minimum Gasteiger partial charge on any atom is -0.388 e. The number of carbonyl (C=O) groups is 1. The average Bonchev–Trinajstić information content (AvgIpc) is 2.84. The van der Waals surface area contributed by atoms with E-state index in [4.69, 9.17) is 0 Å². The van der Waals surface area contributed by atoms with Crippen molar-refractivity contribution < 1.29 is 9.90 Å². The largest absolute Gasteiger partial charge is 0.388 e. The maximum atomic E-state index is 12.1. The fourth-order valence-electron chi connectivity index (χ4n) is 2.77. The monoisotopic (exact) mass is 273 g/mol. The van der Waals surface area contributed by atoms with Crippen molar-refractivity contribution in [1.82, 2.24) is 4.90 Å². The van der Waals surface area contributed by atoms with Crippen LogP contribution in [0.2, 0.25) is 0 Å². The average molecular weight is 273 g/mol. The van der Waals surface area contributed by atoms with E-state index in [1.54, 1.807) is 18.0 Å². The molecule has 3 heteroatoms. The maximum absolute atomic E-state index is 12.1. The number of likely N-dealkylation sites (N-methyl/N-ethyl adjacent to an activating group) is 1. The fourth-order valence-corrected chi connectivity index (χ4v) is 2.77. The quantitative estimate of drug-likeness (QED) is 0.857. The van der Waals surface area contributed by atoms with Gasteiger partial charge in [-0.2, -0.15) is 0 Å². The molecule has 0 bridgehead atoms. The molecule has 20 heavy (non-hydrogen) atoms. The highest BCUT2D eigenvalue weighted by Crippen LogP contribution is 2.29. The number of aryl methyl sites for hydroxylation is 1. The molecule has 1 fully saturated rings. The van der Waals surface area contributed by atoms with Crippen molar-refractivity contribution in [2.75, 3.05) is 13.6 Å². The SMILES string of the molecule is Cc1ccccc1/C=C/C(=O)N(C)CC1(O)CCCC1. The van der Waals surface area contributed by atoms with Crippen LogP contribution in [0.15, 0.2) is 30.3 Å². The molecule has 1 N–H and O–H groups in total. The molecule has 1 amide bonds. The van der Waals surface area contributed by atoms with Gasteiger partial charge in [0.2, 0.25) is 5.91 Å². The number of nitrogens with zero attached hydrogens (tertiary/aromatic N) is 1. The van der Waals surface area contributed by atoms with Gasteiger partial charge in [0.25, 0.3) is 0 Å². The molecule has 1 aliphatic rings. The Bertz CT molecular complexity index is 501. The zero-order chi connectivity index (χ0) is 14.6. The van der Waals surface area contributed by atoms with Gasteiger partial charge in [-0.05, 0) is 37.0 Å². The van der Waals surface area contributed by atoms with Crippen molar-refractivity contribution in [3.05, 3.63) is 41.5 Å². The number of hydrogen-bond donors (Lipinski definition) is 1. The predicted octanol–water partition coefficient (Wildman–Crippen LogP) is 2.77. The second kappa shape index (κ2) is 6.23. The molecule has 1 aromatic carbocycles. The third-order valence-electron chi connectivity index (χ3n) is 4.04. The van der Waals surface area contributed by atoms with Gasteiger partial charge in [-0.15, -0.1) is 0 Å². The highest BCUT2D eigenvalue weighted by Gasteiger charge is 2.32. The summed E-state index contributed by atoms with van der Waals surface area (Å²) in [6, 6.07) is 7.96. The van der Waals surface area contributed by atoms with E-state index in [-0.39, 0.29) is 5.91 Å². The van der Waals surface area contributed by atoms with Crippen LogP contribution < -0.4 is 0 Å². The molecule has 3 nitrogen and oxygen atoms in total. The molecule has 1 aliphatic carbocycles. The molecular formula is C17H23NO2. The Kier molecular flexibility index (Phi) is 4.61. The summed E-state index contributed by atoms with van der Waals surface area (Å²) in [5.74, 6) is -0.0615. The molecule has 0 atom stereocenters. The van der Waals surface area contributed by atoms with Crippen LogP contribution in [0.3, 0.4) is 0 Å². The molecule has 0 aromatic heterocycles. The summed E-state index contributed by atoms with van der Waals surface area (Å²) in [6.45, 7) is 2.44. The lowest BCUT2D eigenvalue weighted by Gasteiger charge is -2.27. The van der Waals surface area contributed by atoms with Crippen molar-refractivity contribution in [2.45, 2.75) is 38.2 Å². The van der Waals surface area contributed by atoms with Gasteiger partial charge < -0.3 is 10.0 Å². The van der Waals surface area contributed by atoms with E-state index in [2.05, 4.69) is 0 Å². The van der Waals surface area contributed by atoms with Crippen LogP contribution in [0.5, 0.6) is 0 Å². The van der Waals surface area contributed by atoms with Crippen molar-refractivity contribution in [2.24, 2.45) is 0 Å². The van der Waals surface area contributed by atoms with Crippen LogP contribution in [-0.2, 0) is 4.79 Å². The van der Waals surface area contributed by atoms with Crippen molar-refractivity contribution in [3.8, 4) is 0 Å². The third kappa shape index (κ3) is 3.70. The number of benzene rings is 1. The lowest BCUT2D eigenvalue weighted by atomic mass is 10.0. The number of amides is 1. The number of rotatable bonds is 4. The Morgan fingerprint density at radius 1 is 1.35 bits per heavy atom. The lowest BCUT2D eigenvalue weighted by molar-refractivity contribution is -0.127. The highest BCUT2D eigenvalue weighted by atomic mass is 16.3. The molecule has 2 rings (SSSR count). The maximum Gasteiger partial charge on any atom is 0.246 e. The topological polar surface area (TPSA) is 40.5 Å². The zero-order valence-electron chi connectivity index (χ0n) is 12.3. The minimum atomic E-state index is -0.680. The van der Waals surface area contributed by atoms with Gasteiger partial charge in [-0.3, -0.25) is 4.79 Å². The van der Waals surface area contributed by atoms with Gasteiger partial charge in [0, 0.05) is 19.7 Å². The molecule has 1 aromatic rings. The van der Waals surface area contributed by atoms with Crippen LogP contribution in [-0.4, -0.2) is 35.1 Å². The van der Waals surface area contributed by atoms with E-state index in [0.717, 1.165) is 36.8 Å². The van der Waals surface area contributed by atoms with Gasteiger partial charge >= 0.3 is 0 Å². The molecule has 0 heterocycles. The van der Waals surface area contributed by atoms with Crippen LogP contribution in [0.1, 0.15) is 36.8 Å². The fraction of sp³-hybridized carbons (Fsp3) is 0.471. The summed E-state index contributed by atoms with van der Waals surface area (Å²) in [6.07, 6.45) is 7.13. The molecule has 0 spiro atoms. The molecule has 108 valence electrons. The van der Waals surface area contributed by atoms with Crippen molar-refractivity contribution in [1.29, 1.82) is 0 Å². The summed E-state index contributed by atoms with van der Waals surface area (Å²) in [5.41, 5.74) is 1.52. The van der Waals surface area contributed by atoms with E-state index in [0.29, 0.717) is 6.54 Å². The first-order chi connectivity index (χ1) is 9.50. The lowest BCUT2D eigenvalue weighted by Crippen LogP contribution is -2.41. The summed E-state index contributed by atoms with van der Waals surface area (Å²) < 4.78 is 0. The Balaban J connectivity index is 1.96. The number of carbonyl (C=O) groups excluding carboxylic acids is 1. The van der Waals surface area contributed by atoms with Crippen LogP contribution in [0.25, 0.3) is 6.08 Å². The first-order valence-electron chi connectivity index (χ1n) is 7.21. The molecule has 1 saturated carbocycles. The van der Waals surface area contributed by atoms with Gasteiger partial charge in [-0.25, -0.2) is 0 Å². The van der Waals surface area contributed by atoms with E-state index in [9.17, 15) is 9.90 Å². The zero-order valence-corrected chi connectivity index (χ0v) is 12.3. The first kappa shape index (κ1) is 14.8. The summed E-state index contributed by atoms with van der Waals surface area (Å²) in [7, 11) is 1.75. The van der Waals surface area contributed by atoms with E-state index in [1.165, 1.54) is 0 Å². The smallest absolute Gasteiger partial charge is 0.246 e. The third-order valence-corrected chi connectivity index (χ3v) is 4.04. The van der Waals surface area contributed by atoms with Gasteiger partial charge in [0.15, 0.2) is 0 Å². The van der Waals surface area contributed by atoms with Crippen LogP contribution in [0, 0.1) is 6.92 Å². The standard InChI is InChI=1S/C17H23NO2/c1-14-7-3-4-8-15(14)9-10-16(19)18(2)13-17(20)11-5-6-12-17/h3-4,7-10,20H,5-6,11-13H2,1-2H3/b10-9+. The number of aliphatic hydroxyl groups is 1. The molecule has 0 radical (unpaired) electrons. The summed E-state index contributed by atoms with van der Waals surface area (Å²) >= 11 is 0. The van der Waals surface area contributed by atoms with Gasteiger partial charge in [0.1, 0.15) is 0 Å². The van der Waals surface area contributed by atoms with E-state index >= 15 is 0 Å². The Hall–Kier alpha value is -1.61. The van der Waals surface area contributed by atoms with E-state index in [1.807, 2.05) is 37.3 Å². The summed E-state index contributed by atoms with van der Waals surface area (Å²) in [5, 5.41) is 10.3. The normalized spacial score (nSPS) is 17.6. The van der Waals surface area contributed by atoms with Crippen molar-refractivity contribution in [3.63, 3.8) is 0 Å². The van der Waals surface area contributed by atoms with Crippen molar-refractivity contribution >= 4 is 12.0 Å². The minimum absolute atomic E-state index is 0.0615. The predicted molar refractivity (Wildman–Crippen MR) is 81.3 cm³/mol. The van der Waals surface area contributed by atoms with Crippen LogP contribution >= 0.6 is 0 Å². The van der Waals surface area contributed by atoms with Gasteiger partial charge in [0.05, 0.1) is 5.60 Å². The second-order valence-corrected chi connectivity index (χ2v) is 5.82. The Morgan fingerprint density at radius 3 is 2.65 bits per heavy atom. The first-order valence-corrected chi connectivity index (χ1v) is 7.21. The van der Waals surface area contributed by atoms with Crippen LogP contribution in [0.4, 0.5) is 0 Å². The molecule has 0 unspecified atom stereocenters. The molecule has 0 saturated heterocycles. The second-order valence-electron chi connectivity index (χ2n) is 5.82. The summed E-state index contributed by atoms with van der Waals surface area (Å²) in [4.78, 5) is 13.7. The highest BCUT2D eigenvalue weighted by molar-refractivity contribution is 5.91.